The maximum absolute atomic E-state index is 12.7. The van der Waals surface area contributed by atoms with Gasteiger partial charge in [-0.1, -0.05) is 12.1 Å². The predicted octanol–water partition coefficient (Wildman–Crippen LogP) is 3.23. The van der Waals surface area contributed by atoms with E-state index in [9.17, 15) is 14.4 Å². The lowest BCUT2D eigenvalue weighted by Gasteiger charge is -2.31. The molecule has 1 aromatic carbocycles. The smallest absolute Gasteiger partial charge is 0.289 e. The minimum absolute atomic E-state index is 0.142. The molecule has 4 rings (SSSR count). The van der Waals surface area contributed by atoms with Crippen LogP contribution in [0.5, 0.6) is 0 Å². The Bertz CT molecular complexity index is 1160. The number of hydrazine groups is 1. The molecule has 10 heteroatoms. The van der Waals surface area contributed by atoms with E-state index in [0.717, 1.165) is 23.4 Å². The summed E-state index contributed by atoms with van der Waals surface area (Å²) in [5.41, 5.74) is 6.59. The van der Waals surface area contributed by atoms with Crippen molar-refractivity contribution < 1.29 is 14.4 Å². The summed E-state index contributed by atoms with van der Waals surface area (Å²) in [4.78, 5) is 44.9. The molecule has 3 amide bonds. The fraction of sp³-hybridized carbons (Fsp3) is 0.333. The molecule has 0 atom stereocenters. The van der Waals surface area contributed by atoms with Gasteiger partial charge >= 0.3 is 0 Å². The second-order valence-corrected chi connectivity index (χ2v) is 9.93. The van der Waals surface area contributed by atoms with E-state index in [-0.39, 0.29) is 17.5 Å². The van der Waals surface area contributed by atoms with Crippen LogP contribution in [0.25, 0.3) is 0 Å². The number of hydrogen-bond acceptors (Lipinski definition) is 6. The molecule has 8 nitrogen and oxygen atoms in total. The van der Waals surface area contributed by atoms with Crippen LogP contribution in [0.1, 0.15) is 50.3 Å². The number of carbonyl (C=O) groups is 3. The molecule has 0 spiro atoms. The summed E-state index contributed by atoms with van der Waals surface area (Å²) in [5.74, 6) is -0.489. The van der Waals surface area contributed by atoms with Crippen LogP contribution in [0.3, 0.4) is 0 Å². The highest BCUT2D eigenvalue weighted by Gasteiger charge is 2.26. The van der Waals surface area contributed by atoms with E-state index in [2.05, 4.69) is 15.8 Å². The Morgan fingerprint density at radius 3 is 2.44 bits per heavy atom. The van der Waals surface area contributed by atoms with Gasteiger partial charge in [0, 0.05) is 42.5 Å². The molecule has 1 aliphatic rings. The summed E-state index contributed by atoms with van der Waals surface area (Å²) in [5, 5.41) is 2.59. The standard InChI is InChI=1S/C24H27N5O3S2/c1-28-11-3-4-20(28)23(32)27-26-22(31)19-15-34-24(25-19)17-9-12-29(13-10-17)21(30)14-16-5-7-18(33-2)8-6-16/h3-8,11,15,17H,9-10,12-14H2,1-2H3,(H,26,31)(H,27,32). The molecular formula is C24H27N5O3S2. The molecule has 178 valence electrons. The fourth-order valence-electron chi connectivity index (χ4n) is 3.92. The van der Waals surface area contributed by atoms with Gasteiger partial charge in [0.25, 0.3) is 11.8 Å². The fourth-order valence-corrected chi connectivity index (χ4v) is 5.30. The first-order valence-electron chi connectivity index (χ1n) is 11.0. The van der Waals surface area contributed by atoms with Gasteiger partial charge in [-0.05, 0) is 48.9 Å². The molecule has 0 unspecified atom stereocenters. The van der Waals surface area contributed by atoms with Crippen LogP contribution in [0, 0.1) is 0 Å². The van der Waals surface area contributed by atoms with Crippen LogP contribution in [0.15, 0.2) is 52.9 Å². The van der Waals surface area contributed by atoms with Crippen molar-refractivity contribution >= 4 is 40.8 Å². The van der Waals surface area contributed by atoms with Crippen molar-refractivity contribution in [1.82, 2.24) is 25.3 Å². The van der Waals surface area contributed by atoms with Crippen LogP contribution >= 0.6 is 23.1 Å². The third-order valence-electron chi connectivity index (χ3n) is 5.93. The SMILES string of the molecule is CSc1ccc(CC(=O)N2CCC(c3nc(C(=O)NNC(=O)c4cccn4C)cs3)CC2)cc1. The van der Waals surface area contributed by atoms with Crippen LogP contribution in [-0.4, -0.2) is 51.5 Å². The molecule has 0 radical (unpaired) electrons. The van der Waals surface area contributed by atoms with Crippen molar-refractivity contribution in [2.75, 3.05) is 19.3 Å². The van der Waals surface area contributed by atoms with Crippen molar-refractivity contribution in [3.8, 4) is 0 Å². The molecule has 0 bridgehead atoms. The van der Waals surface area contributed by atoms with Gasteiger partial charge < -0.3 is 9.47 Å². The third-order valence-corrected chi connectivity index (χ3v) is 7.68. The molecule has 2 aromatic heterocycles. The quantitative estimate of drug-likeness (QED) is 0.403. The van der Waals surface area contributed by atoms with Crippen molar-refractivity contribution in [1.29, 1.82) is 0 Å². The zero-order chi connectivity index (χ0) is 24.1. The number of carbonyl (C=O) groups excluding carboxylic acids is 3. The summed E-state index contributed by atoms with van der Waals surface area (Å²) in [6, 6.07) is 11.5. The molecule has 0 aliphatic carbocycles. The number of aryl methyl sites for hydroxylation is 1. The van der Waals surface area contributed by atoms with Gasteiger partial charge in [0.05, 0.1) is 11.4 Å². The Hall–Kier alpha value is -3.11. The van der Waals surface area contributed by atoms with E-state index in [1.807, 2.05) is 35.4 Å². The molecule has 2 N–H and O–H groups in total. The van der Waals surface area contributed by atoms with E-state index in [0.29, 0.717) is 25.2 Å². The topological polar surface area (TPSA) is 96.3 Å². The minimum Gasteiger partial charge on any atom is -0.347 e. The highest BCUT2D eigenvalue weighted by Crippen LogP contribution is 2.30. The average molecular weight is 498 g/mol. The Balaban J connectivity index is 1.25. The van der Waals surface area contributed by atoms with Gasteiger partial charge in [-0.25, -0.2) is 4.98 Å². The van der Waals surface area contributed by atoms with Gasteiger partial charge in [-0.15, -0.1) is 23.1 Å². The lowest BCUT2D eigenvalue weighted by molar-refractivity contribution is -0.131. The van der Waals surface area contributed by atoms with E-state index in [1.165, 1.54) is 16.2 Å². The Morgan fingerprint density at radius 2 is 1.79 bits per heavy atom. The Labute approximate surface area is 206 Å². The maximum Gasteiger partial charge on any atom is 0.289 e. The predicted molar refractivity (Wildman–Crippen MR) is 133 cm³/mol. The highest BCUT2D eigenvalue weighted by molar-refractivity contribution is 7.98. The zero-order valence-corrected chi connectivity index (χ0v) is 20.7. The number of piperidine rings is 1. The lowest BCUT2D eigenvalue weighted by Crippen LogP contribution is -2.42. The molecule has 34 heavy (non-hydrogen) atoms. The summed E-state index contributed by atoms with van der Waals surface area (Å²) < 4.78 is 1.67. The normalized spacial score (nSPS) is 14.1. The summed E-state index contributed by atoms with van der Waals surface area (Å²) in [7, 11) is 1.76. The van der Waals surface area contributed by atoms with Gasteiger partial charge in [0.1, 0.15) is 11.4 Å². The number of amides is 3. The van der Waals surface area contributed by atoms with Crippen LogP contribution in [0.2, 0.25) is 0 Å². The van der Waals surface area contributed by atoms with Gasteiger partial charge in [-0.3, -0.25) is 25.2 Å². The molecule has 3 heterocycles. The number of nitrogens with zero attached hydrogens (tertiary/aromatic N) is 3. The van der Waals surface area contributed by atoms with Crippen molar-refractivity contribution in [3.63, 3.8) is 0 Å². The van der Waals surface area contributed by atoms with E-state index in [4.69, 9.17) is 0 Å². The minimum atomic E-state index is -0.454. The Kier molecular flexibility index (Phi) is 7.69. The van der Waals surface area contributed by atoms with E-state index >= 15 is 0 Å². The molecular weight excluding hydrogens is 470 g/mol. The number of hydrogen-bond donors (Lipinski definition) is 2. The maximum atomic E-state index is 12.7. The first-order valence-corrected chi connectivity index (χ1v) is 13.1. The largest absolute Gasteiger partial charge is 0.347 e. The van der Waals surface area contributed by atoms with Crippen molar-refractivity contribution in [3.05, 3.63) is 69.9 Å². The second kappa shape index (κ2) is 10.9. The number of aromatic nitrogens is 2. The van der Waals surface area contributed by atoms with Crippen LogP contribution in [-0.2, 0) is 18.3 Å². The first-order chi connectivity index (χ1) is 16.4. The first kappa shape index (κ1) is 24.0. The average Bonchev–Trinajstić information content (AvgIpc) is 3.52. The summed E-state index contributed by atoms with van der Waals surface area (Å²) >= 11 is 3.13. The second-order valence-electron chi connectivity index (χ2n) is 8.16. The van der Waals surface area contributed by atoms with Crippen LogP contribution < -0.4 is 10.9 Å². The number of thiazole rings is 1. The van der Waals surface area contributed by atoms with Gasteiger partial charge in [-0.2, -0.15) is 0 Å². The lowest BCUT2D eigenvalue weighted by atomic mass is 9.97. The Morgan fingerprint density at radius 1 is 1.09 bits per heavy atom. The molecule has 3 aromatic rings. The van der Waals surface area contributed by atoms with Gasteiger partial charge in [0.2, 0.25) is 5.91 Å². The number of likely N-dealkylation sites (tertiary alicyclic amines) is 1. The zero-order valence-electron chi connectivity index (χ0n) is 19.1. The summed E-state index contributed by atoms with van der Waals surface area (Å²) in [6.07, 6.45) is 5.83. The highest BCUT2D eigenvalue weighted by atomic mass is 32.2. The molecule has 1 aliphatic heterocycles. The third kappa shape index (κ3) is 5.68. The van der Waals surface area contributed by atoms with Crippen molar-refractivity contribution in [2.24, 2.45) is 7.05 Å². The number of rotatable bonds is 6. The molecule has 1 saturated heterocycles. The van der Waals surface area contributed by atoms with Gasteiger partial charge in [0.15, 0.2) is 0 Å². The number of benzene rings is 1. The van der Waals surface area contributed by atoms with E-state index < -0.39 is 11.8 Å². The van der Waals surface area contributed by atoms with Crippen LogP contribution in [0.4, 0.5) is 0 Å². The van der Waals surface area contributed by atoms with Crippen molar-refractivity contribution in [2.45, 2.75) is 30.1 Å². The summed E-state index contributed by atoms with van der Waals surface area (Å²) in [6.45, 7) is 1.36. The number of nitrogens with one attached hydrogen (secondary N) is 2. The van der Waals surface area contributed by atoms with E-state index in [1.54, 1.807) is 47.1 Å². The number of thioether (sulfide) groups is 1. The molecule has 0 saturated carbocycles. The monoisotopic (exact) mass is 497 g/mol. The molecule has 1 fully saturated rings.